The second-order valence-corrected chi connectivity index (χ2v) is 6.75. The Morgan fingerprint density at radius 3 is 2.60 bits per heavy atom. The zero-order valence-electron chi connectivity index (χ0n) is 12.0. The van der Waals surface area contributed by atoms with E-state index >= 15 is 0 Å². The van der Waals surface area contributed by atoms with E-state index in [0.29, 0.717) is 19.1 Å². The monoisotopic (exact) mass is 297 g/mol. The number of ether oxygens (including phenoxy) is 2. The molecule has 4 nitrogen and oxygen atoms in total. The van der Waals surface area contributed by atoms with Gasteiger partial charge in [0.25, 0.3) is 0 Å². The van der Waals surface area contributed by atoms with E-state index in [9.17, 15) is 5.11 Å². The van der Waals surface area contributed by atoms with Gasteiger partial charge in [0.05, 0.1) is 6.61 Å². The molecule has 2 unspecified atom stereocenters. The minimum absolute atomic E-state index is 0.0000380. The van der Waals surface area contributed by atoms with Gasteiger partial charge < -0.3 is 20.3 Å². The number of benzene rings is 1. The Kier molecular flexibility index (Phi) is 5.57. The SMILES string of the molecule is CC(C)CC(N)C(CO)Sc1ccc2c(c1)OCCO2. The topological polar surface area (TPSA) is 64.7 Å². The molecule has 2 rings (SSSR count). The van der Waals surface area contributed by atoms with Crippen molar-refractivity contribution >= 4 is 11.8 Å². The first-order valence-electron chi connectivity index (χ1n) is 7.03. The van der Waals surface area contributed by atoms with Crippen LogP contribution in [-0.4, -0.2) is 36.2 Å². The molecule has 0 saturated carbocycles. The van der Waals surface area contributed by atoms with Crippen molar-refractivity contribution in [2.45, 2.75) is 36.5 Å². The van der Waals surface area contributed by atoms with Gasteiger partial charge in [-0.25, -0.2) is 0 Å². The van der Waals surface area contributed by atoms with Gasteiger partial charge in [0.1, 0.15) is 13.2 Å². The van der Waals surface area contributed by atoms with E-state index < -0.39 is 0 Å². The molecule has 1 aliphatic heterocycles. The fourth-order valence-electron chi connectivity index (χ4n) is 2.23. The Hall–Kier alpha value is -0.910. The molecule has 2 atom stereocenters. The molecule has 5 heteroatoms. The predicted molar refractivity (Wildman–Crippen MR) is 81.6 cm³/mol. The second-order valence-electron chi connectivity index (χ2n) is 5.44. The van der Waals surface area contributed by atoms with Gasteiger partial charge in [-0.05, 0) is 30.5 Å². The quantitative estimate of drug-likeness (QED) is 0.789. The molecule has 1 aromatic carbocycles. The summed E-state index contributed by atoms with van der Waals surface area (Å²) in [7, 11) is 0. The number of thioether (sulfide) groups is 1. The Bertz CT molecular complexity index is 439. The van der Waals surface area contributed by atoms with E-state index in [2.05, 4.69) is 13.8 Å². The molecule has 0 aliphatic carbocycles. The van der Waals surface area contributed by atoms with E-state index in [1.54, 1.807) is 11.8 Å². The third-order valence-corrected chi connectivity index (χ3v) is 4.53. The highest BCUT2D eigenvalue weighted by Crippen LogP contribution is 2.36. The number of aliphatic hydroxyl groups is 1. The van der Waals surface area contributed by atoms with Gasteiger partial charge in [0.15, 0.2) is 11.5 Å². The van der Waals surface area contributed by atoms with E-state index in [1.807, 2.05) is 18.2 Å². The average molecular weight is 297 g/mol. The lowest BCUT2D eigenvalue weighted by Crippen LogP contribution is -2.36. The largest absolute Gasteiger partial charge is 0.486 e. The summed E-state index contributed by atoms with van der Waals surface area (Å²) in [4.78, 5) is 1.05. The molecule has 0 bridgehead atoms. The van der Waals surface area contributed by atoms with Crippen LogP contribution in [0, 0.1) is 5.92 Å². The maximum absolute atomic E-state index is 9.55. The van der Waals surface area contributed by atoms with Gasteiger partial charge in [-0.15, -0.1) is 11.8 Å². The Balaban J connectivity index is 2.03. The van der Waals surface area contributed by atoms with Crippen LogP contribution < -0.4 is 15.2 Å². The first-order valence-corrected chi connectivity index (χ1v) is 7.91. The van der Waals surface area contributed by atoms with Crippen molar-refractivity contribution < 1.29 is 14.6 Å². The normalized spacial score (nSPS) is 17.1. The summed E-state index contributed by atoms with van der Waals surface area (Å²) < 4.78 is 11.1. The average Bonchev–Trinajstić information content (AvgIpc) is 2.43. The molecule has 0 saturated heterocycles. The summed E-state index contributed by atoms with van der Waals surface area (Å²) in [6.45, 7) is 5.54. The molecular formula is C15H23NO3S. The summed E-state index contributed by atoms with van der Waals surface area (Å²) in [5.74, 6) is 2.09. The first-order chi connectivity index (χ1) is 9.60. The summed E-state index contributed by atoms with van der Waals surface area (Å²) in [6, 6.07) is 5.85. The summed E-state index contributed by atoms with van der Waals surface area (Å²) in [5, 5.41) is 9.55. The van der Waals surface area contributed by atoms with Crippen molar-refractivity contribution in [3.05, 3.63) is 18.2 Å². The van der Waals surface area contributed by atoms with Crippen LogP contribution in [0.25, 0.3) is 0 Å². The number of aliphatic hydroxyl groups excluding tert-OH is 1. The fourth-order valence-corrected chi connectivity index (χ4v) is 3.26. The molecule has 0 radical (unpaired) electrons. The minimum atomic E-state index is -0.0156. The predicted octanol–water partition coefficient (Wildman–Crippen LogP) is 2.28. The maximum atomic E-state index is 9.55. The molecule has 20 heavy (non-hydrogen) atoms. The van der Waals surface area contributed by atoms with Crippen molar-refractivity contribution in [1.29, 1.82) is 0 Å². The van der Waals surface area contributed by atoms with E-state index in [4.69, 9.17) is 15.2 Å². The summed E-state index contributed by atoms with van der Waals surface area (Å²) in [6.07, 6.45) is 0.906. The lowest BCUT2D eigenvalue weighted by atomic mass is 10.0. The number of hydrogen-bond acceptors (Lipinski definition) is 5. The summed E-state index contributed by atoms with van der Waals surface area (Å²) >= 11 is 1.60. The van der Waals surface area contributed by atoms with Crippen LogP contribution in [0.1, 0.15) is 20.3 Å². The molecule has 1 aromatic rings. The Morgan fingerprint density at radius 2 is 1.95 bits per heavy atom. The van der Waals surface area contributed by atoms with Gasteiger partial charge in [0, 0.05) is 16.2 Å². The summed E-state index contributed by atoms with van der Waals surface area (Å²) in [5.41, 5.74) is 6.18. The molecule has 0 fully saturated rings. The lowest BCUT2D eigenvalue weighted by molar-refractivity contribution is 0.171. The molecule has 0 spiro atoms. The number of nitrogens with two attached hydrogens (primary N) is 1. The molecule has 3 N–H and O–H groups in total. The highest BCUT2D eigenvalue weighted by atomic mass is 32.2. The van der Waals surface area contributed by atoms with Crippen molar-refractivity contribution in [1.82, 2.24) is 0 Å². The molecular weight excluding hydrogens is 274 g/mol. The van der Waals surface area contributed by atoms with Crippen molar-refractivity contribution in [2.24, 2.45) is 11.7 Å². The fraction of sp³-hybridized carbons (Fsp3) is 0.600. The third kappa shape index (κ3) is 4.04. The van der Waals surface area contributed by atoms with Crippen LogP contribution in [0.5, 0.6) is 11.5 Å². The van der Waals surface area contributed by atoms with Gasteiger partial charge in [-0.3, -0.25) is 0 Å². The zero-order valence-corrected chi connectivity index (χ0v) is 12.9. The van der Waals surface area contributed by atoms with Crippen LogP contribution in [-0.2, 0) is 0 Å². The smallest absolute Gasteiger partial charge is 0.162 e. The maximum Gasteiger partial charge on any atom is 0.162 e. The Labute approximate surface area is 124 Å². The molecule has 112 valence electrons. The van der Waals surface area contributed by atoms with E-state index in [1.165, 1.54) is 0 Å². The van der Waals surface area contributed by atoms with Crippen LogP contribution >= 0.6 is 11.8 Å². The Morgan fingerprint density at radius 1 is 1.25 bits per heavy atom. The lowest BCUT2D eigenvalue weighted by Gasteiger charge is -2.24. The van der Waals surface area contributed by atoms with Gasteiger partial charge >= 0.3 is 0 Å². The van der Waals surface area contributed by atoms with Crippen molar-refractivity contribution in [2.75, 3.05) is 19.8 Å². The van der Waals surface area contributed by atoms with E-state index in [0.717, 1.165) is 22.8 Å². The standard InChI is InChI=1S/C15H23NO3S/c1-10(2)7-12(16)15(9-17)20-11-3-4-13-14(8-11)19-6-5-18-13/h3-4,8,10,12,15,17H,5-7,9,16H2,1-2H3. The molecule has 1 aliphatic rings. The molecule has 1 heterocycles. The van der Waals surface area contributed by atoms with Gasteiger partial charge in [-0.2, -0.15) is 0 Å². The van der Waals surface area contributed by atoms with Crippen molar-refractivity contribution in [3.8, 4) is 11.5 Å². The van der Waals surface area contributed by atoms with Crippen LogP contribution in [0.3, 0.4) is 0 Å². The van der Waals surface area contributed by atoms with Crippen LogP contribution in [0.15, 0.2) is 23.1 Å². The second kappa shape index (κ2) is 7.20. The number of fused-ring (bicyclic) bond motifs is 1. The first kappa shape index (κ1) is 15.5. The number of hydrogen-bond donors (Lipinski definition) is 2. The highest BCUT2D eigenvalue weighted by Gasteiger charge is 2.20. The van der Waals surface area contributed by atoms with E-state index in [-0.39, 0.29) is 17.9 Å². The van der Waals surface area contributed by atoms with Crippen LogP contribution in [0.2, 0.25) is 0 Å². The highest BCUT2D eigenvalue weighted by molar-refractivity contribution is 8.00. The third-order valence-electron chi connectivity index (χ3n) is 3.20. The van der Waals surface area contributed by atoms with Crippen LogP contribution in [0.4, 0.5) is 0 Å². The van der Waals surface area contributed by atoms with Gasteiger partial charge in [0.2, 0.25) is 0 Å². The minimum Gasteiger partial charge on any atom is -0.486 e. The van der Waals surface area contributed by atoms with Crippen molar-refractivity contribution in [3.63, 3.8) is 0 Å². The molecule has 0 aromatic heterocycles. The molecule has 0 amide bonds. The van der Waals surface area contributed by atoms with Gasteiger partial charge in [-0.1, -0.05) is 13.8 Å². The number of rotatable bonds is 6. The zero-order chi connectivity index (χ0) is 14.5.